The summed E-state index contributed by atoms with van der Waals surface area (Å²) in [6, 6.07) is 4.33. The molecule has 3 heteroatoms. The molecule has 1 heterocycles. The fourth-order valence-electron chi connectivity index (χ4n) is 2.20. The number of anilines is 1. The van der Waals surface area contributed by atoms with E-state index >= 15 is 0 Å². The summed E-state index contributed by atoms with van der Waals surface area (Å²) in [6.07, 6.45) is 3.26. The first-order valence-corrected chi connectivity index (χ1v) is 6.50. The summed E-state index contributed by atoms with van der Waals surface area (Å²) in [6.45, 7) is 5.20. The van der Waals surface area contributed by atoms with Gasteiger partial charge in [0.1, 0.15) is 5.84 Å². The van der Waals surface area contributed by atoms with Crippen molar-refractivity contribution in [1.29, 1.82) is 5.41 Å². The molecule has 2 rings (SSSR count). The van der Waals surface area contributed by atoms with Crippen LogP contribution >= 0.6 is 15.9 Å². The van der Waals surface area contributed by atoms with E-state index in [2.05, 4.69) is 46.8 Å². The lowest BCUT2D eigenvalue weighted by Gasteiger charge is -2.30. The lowest BCUT2D eigenvalue weighted by molar-refractivity contribution is 0.707. The minimum absolute atomic E-state index is 0.757. The number of benzene rings is 1. The Bertz CT molecular complexity index is 403. The normalized spacial score (nSPS) is 16.7. The van der Waals surface area contributed by atoms with Crippen LogP contribution in [0.5, 0.6) is 0 Å². The van der Waals surface area contributed by atoms with E-state index < -0.39 is 0 Å². The standard InChI is InChI=1S/C13H17BrN2/c1-9-7-11(8-10(2)13(9)14)16-6-4-3-5-12(16)15/h7-8,15H,3-6H2,1-2H3. The Morgan fingerprint density at radius 3 is 2.38 bits per heavy atom. The van der Waals surface area contributed by atoms with Gasteiger partial charge in [-0.3, -0.25) is 5.41 Å². The van der Waals surface area contributed by atoms with Gasteiger partial charge in [0.25, 0.3) is 0 Å². The number of nitrogens with one attached hydrogen (secondary N) is 1. The maximum atomic E-state index is 7.99. The molecule has 0 aliphatic carbocycles. The number of nitrogens with zero attached hydrogens (tertiary/aromatic N) is 1. The third kappa shape index (κ3) is 2.14. The lowest BCUT2D eigenvalue weighted by Crippen LogP contribution is -2.34. The highest BCUT2D eigenvalue weighted by Crippen LogP contribution is 2.29. The van der Waals surface area contributed by atoms with Gasteiger partial charge in [-0.05, 0) is 49.9 Å². The molecule has 1 saturated heterocycles. The van der Waals surface area contributed by atoms with Crippen molar-refractivity contribution >= 4 is 27.5 Å². The van der Waals surface area contributed by atoms with Crippen LogP contribution in [0.25, 0.3) is 0 Å². The van der Waals surface area contributed by atoms with Crippen LogP contribution in [0.2, 0.25) is 0 Å². The van der Waals surface area contributed by atoms with E-state index in [0.717, 1.165) is 25.2 Å². The molecule has 0 spiro atoms. The highest BCUT2D eigenvalue weighted by Gasteiger charge is 2.17. The third-order valence-electron chi connectivity index (χ3n) is 3.10. The molecular weight excluding hydrogens is 264 g/mol. The molecule has 0 amide bonds. The minimum atomic E-state index is 0.757. The largest absolute Gasteiger partial charge is 0.330 e. The van der Waals surface area contributed by atoms with Gasteiger partial charge in [0.15, 0.2) is 0 Å². The van der Waals surface area contributed by atoms with E-state index in [1.165, 1.54) is 27.7 Å². The molecule has 1 aliphatic heterocycles. The molecule has 1 N–H and O–H groups in total. The van der Waals surface area contributed by atoms with Crippen molar-refractivity contribution in [3.63, 3.8) is 0 Å². The average Bonchev–Trinajstić information content (AvgIpc) is 2.26. The van der Waals surface area contributed by atoms with Gasteiger partial charge >= 0.3 is 0 Å². The number of rotatable bonds is 1. The molecule has 1 aromatic rings. The molecule has 0 unspecified atom stereocenters. The van der Waals surface area contributed by atoms with Crippen LogP contribution in [0.3, 0.4) is 0 Å². The molecule has 1 aliphatic rings. The third-order valence-corrected chi connectivity index (χ3v) is 4.35. The second-order valence-electron chi connectivity index (χ2n) is 4.45. The van der Waals surface area contributed by atoms with Crippen molar-refractivity contribution in [2.75, 3.05) is 11.4 Å². The molecular formula is C13H17BrN2. The number of amidine groups is 1. The number of aryl methyl sites for hydroxylation is 2. The SMILES string of the molecule is Cc1cc(N2CCCCC2=N)cc(C)c1Br. The van der Waals surface area contributed by atoms with Crippen LogP contribution in [-0.4, -0.2) is 12.4 Å². The lowest BCUT2D eigenvalue weighted by atomic mass is 10.1. The first-order valence-electron chi connectivity index (χ1n) is 5.71. The summed E-state index contributed by atoms with van der Waals surface area (Å²) in [5, 5.41) is 7.99. The summed E-state index contributed by atoms with van der Waals surface area (Å²) >= 11 is 3.58. The number of piperidine rings is 1. The molecule has 0 bridgehead atoms. The highest BCUT2D eigenvalue weighted by molar-refractivity contribution is 9.10. The van der Waals surface area contributed by atoms with Crippen molar-refractivity contribution in [2.45, 2.75) is 33.1 Å². The summed E-state index contributed by atoms with van der Waals surface area (Å²) < 4.78 is 1.18. The van der Waals surface area contributed by atoms with Gasteiger partial charge in [0.05, 0.1) is 0 Å². The van der Waals surface area contributed by atoms with Gasteiger partial charge in [-0.1, -0.05) is 15.9 Å². The predicted octanol–water partition coefficient (Wildman–Crippen LogP) is 4.03. The van der Waals surface area contributed by atoms with E-state index in [9.17, 15) is 0 Å². The summed E-state index contributed by atoms with van der Waals surface area (Å²) in [5.74, 6) is 0.757. The van der Waals surface area contributed by atoms with E-state index in [0.29, 0.717) is 0 Å². The van der Waals surface area contributed by atoms with E-state index in [1.807, 2.05) is 0 Å². The van der Waals surface area contributed by atoms with Crippen LogP contribution in [0.15, 0.2) is 16.6 Å². The zero-order chi connectivity index (χ0) is 11.7. The van der Waals surface area contributed by atoms with E-state index in [4.69, 9.17) is 5.41 Å². The Morgan fingerprint density at radius 2 is 1.81 bits per heavy atom. The predicted molar refractivity (Wildman–Crippen MR) is 72.5 cm³/mol. The second kappa shape index (κ2) is 4.58. The van der Waals surface area contributed by atoms with Gasteiger partial charge in [-0.25, -0.2) is 0 Å². The molecule has 0 atom stereocenters. The smallest absolute Gasteiger partial charge is 0.100 e. The molecule has 2 nitrogen and oxygen atoms in total. The molecule has 0 saturated carbocycles. The maximum absolute atomic E-state index is 7.99. The topological polar surface area (TPSA) is 27.1 Å². The summed E-state index contributed by atoms with van der Waals surface area (Å²) in [4.78, 5) is 2.13. The molecule has 0 aromatic heterocycles. The van der Waals surface area contributed by atoms with Crippen LogP contribution in [0.4, 0.5) is 5.69 Å². The Labute approximate surface area is 105 Å². The first kappa shape index (κ1) is 11.6. The maximum Gasteiger partial charge on any atom is 0.100 e. The Morgan fingerprint density at radius 1 is 1.19 bits per heavy atom. The fourth-order valence-corrected chi connectivity index (χ4v) is 2.43. The van der Waals surface area contributed by atoms with Gasteiger partial charge in [0, 0.05) is 23.1 Å². The Balaban J connectivity index is 2.36. The minimum Gasteiger partial charge on any atom is -0.330 e. The molecule has 86 valence electrons. The van der Waals surface area contributed by atoms with E-state index in [1.54, 1.807) is 0 Å². The molecule has 1 fully saturated rings. The van der Waals surface area contributed by atoms with Gasteiger partial charge in [-0.2, -0.15) is 0 Å². The monoisotopic (exact) mass is 280 g/mol. The van der Waals surface area contributed by atoms with Crippen LogP contribution in [-0.2, 0) is 0 Å². The van der Waals surface area contributed by atoms with E-state index in [-0.39, 0.29) is 0 Å². The average molecular weight is 281 g/mol. The Hall–Kier alpha value is -0.830. The Kier molecular flexibility index (Phi) is 3.33. The van der Waals surface area contributed by atoms with Crippen molar-refractivity contribution in [3.8, 4) is 0 Å². The van der Waals surface area contributed by atoms with Gasteiger partial charge in [0.2, 0.25) is 0 Å². The quantitative estimate of drug-likeness (QED) is 0.826. The van der Waals surface area contributed by atoms with Crippen molar-refractivity contribution in [3.05, 3.63) is 27.7 Å². The second-order valence-corrected chi connectivity index (χ2v) is 5.24. The highest BCUT2D eigenvalue weighted by atomic mass is 79.9. The zero-order valence-corrected chi connectivity index (χ0v) is 11.4. The van der Waals surface area contributed by atoms with Crippen LogP contribution in [0.1, 0.15) is 30.4 Å². The summed E-state index contributed by atoms with van der Waals surface area (Å²) in [7, 11) is 0. The van der Waals surface area contributed by atoms with Gasteiger partial charge in [-0.15, -0.1) is 0 Å². The molecule has 1 aromatic carbocycles. The number of hydrogen-bond donors (Lipinski definition) is 1. The zero-order valence-electron chi connectivity index (χ0n) is 9.81. The molecule has 16 heavy (non-hydrogen) atoms. The van der Waals surface area contributed by atoms with Crippen LogP contribution in [0, 0.1) is 19.3 Å². The first-order chi connectivity index (χ1) is 7.59. The van der Waals surface area contributed by atoms with Crippen molar-refractivity contribution < 1.29 is 0 Å². The molecule has 0 radical (unpaired) electrons. The number of halogens is 1. The van der Waals surface area contributed by atoms with Crippen molar-refractivity contribution in [1.82, 2.24) is 0 Å². The number of hydrogen-bond acceptors (Lipinski definition) is 1. The van der Waals surface area contributed by atoms with Crippen LogP contribution < -0.4 is 4.90 Å². The van der Waals surface area contributed by atoms with Gasteiger partial charge < -0.3 is 4.90 Å². The fraction of sp³-hybridized carbons (Fsp3) is 0.462. The summed E-state index contributed by atoms with van der Waals surface area (Å²) in [5.41, 5.74) is 3.66. The van der Waals surface area contributed by atoms with Crippen molar-refractivity contribution in [2.24, 2.45) is 0 Å².